The highest BCUT2D eigenvalue weighted by atomic mass is 19.2. The van der Waals surface area contributed by atoms with Crippen molar-refractivity contribution in [3.8, 4) is 0 Å². The number of nitro benzene ring substituents is 1. The third-order valence-electron chi connectivity index (χ3n) is 1.65. The first kappa shape index (κ1) is 11.0. The average molecular weight is 216 g/mol. The van der Waals surface area contributed by atoms with Crippen LogP contribution in [0.4, 0.5) is 14.5 Å². The lowest BCUT2D eigenvalue weighted by atomic mass is 10.1. The molecule has 1 aromatic carbocycles. The molecule has 0 aromatic heterocycles. The van der Waals surface area contributed by atoms with Crippen molar-refractivity contribution >= 4 is 11.7 Å². The van der Waals surface area contributed by atoms with Crippen LogP contribution in [0.3, 0.4) is 0 Å². The van der Waals surface area contributed by atoms with Crippen LogP contribution in [0.25, 0.3) is 0 Å². The standard InChI is InChI=1S/C8H5F2NO4/c9-5-1-4(2-8(12)13)7(11(14)15)3-6(5)10/h1,3H,2H2,(H,12,13)/p-1. The lowest BCUT2D eigenvalue weighted by Gasteiger charge is -2.04. The number of halogens is 2. The Morgan fingerprint density at radius 3 is 2.33 bits per heavy atom. The number of hydrogen-bond acceptors (Lipinski definition) is 4. The molecule has 0 spiro atoms. The monoisotopic (exact) mass is 216 g/mol. The van der Waals surface area contributed by atoms with Gasteiger partial charge in [0, 0.05) is 18.0 Å². The lowest BCUT2D eigenvalue weighted by molar-refractivity contribution is -0.386. The van der Waals surface area contributed by atoms with Crippen molar-refractivity contribution in [1.29, 1.82) is 0 Å². The molecule has 0 aliphatic carbocycles. The number of aliphatic carboxylic acids is 1. The quantitative estimate of drug-likeness (QED) is 0.532. The molecule has 0 bridgehead atoms. The van der Waals surface area contributed by atoms with Gasteiger partial charge in [-0.05, 0) is 6.07 Å². The van der Waals surface area contributed by atoms with Crippen LogP contribution in [0.15, 0.2) is 12.1 Å². The van der Waals surface area contributed by atoms with Crippen LogP contribution < -0.4 is 5.11 Å². The highest BCUT2D eigenvalue weighted by molar-refractivity contribution is 5.70. The van der Waals surface area contributed by atoms with Gasteiger partial charge in [-0.2, -0.15) is 0 Å². The Hall–Kier alpha value is -2.05. The molecule has 0 saturated heterocycles. The molecule has 7 heteroatoms. The summed E-state index contributed by atoms with van der Waals surface area (Å²) in [6.45, 7) is 0. The molecule has 1 aromatic rings. The molecule has 0 heterocycles. The smallest absolute Gasteiger partial charge is 0.276 e. The topological polar surface area (TPSA) is 83.3 Å². The highest BCUT2D eigenvalue weighted by Gasteiger charge is 2.18. The zero-order chi connectivity index (χ0) is 11.6. The molecule has 80 valence electrons. The number of carbonyl (C=O) groups is 1. The van der Waals surface area contributed by atoms with Crippen LogP contribution in [-0.4, -0.2) is 10.9 Å². The Kier molecular flexibility index (Phi) is 2.93. The highest BCUT2D eigenvalue weighted by Crippen LogP contribution is 2.22. The van der Waals surface area contributed by atoms with E-state index < -0.39 is 40.2 Å². The largest absolute Gasteiger partial charge is 0.550 e. The van der Waals surface area contributed by atoms with Crippen molar-refractivity contribution < 1.29 is 23.6 Å². The molecule has 1 rings (SSSR count). The summed E-state index contributed by atoms with van der Waals surface area (Å²) in [6, 6.07) is 0.816. The second-order valence-corrected chi connectivity index (χ2v) is 2.70. The summed E-state index contributed by atoms with van der Waals surface area (Å²) in [5, 5.41) is 20.6. The van der Waals surface area contributed by atoms with E-state index in [4.69, 9.17) is 0 Å². The first-order valence-electron chi connectivity index (χ1n) is 3.74. The third-order valence-corrected chi connectivity index (χ3v) is 1.65. The minimum atomic E-state index is -1.61. The zero-order valence-electron chi connectivity index (χ0n) is 7.20. The predicted molar refractivity (Wildman–Crippen MR) is 41.7 cm³/mol. The maximum Gasteiger partial charge on any atom is 0.276 e. The molecule has 0 unspecified atom stereocenters. The summed E-state index contributed by atoms with van der Waals surface area (Å²) in [6.07, 6.45) is -0.840. The Morgan fingerprint density at radius 2 is 1.87 bits per heavy atom. The molecule has 0 aliphatic heterocycles. The van der Waals surface area contributed by atoms with Crippen molar-refractivity contribution in [1.82, 2.24) is 0 Å². The van der Waals surface area contributed by atoms with E-state index in [2.05, 4.69) is 0 Å². The van der Waals surface area contributed by atoms with Crippen LogP contribution >= 0.6 is 0 Å². The fourth-order valence-corrected chi connectivity index (χ4v) is 1.04. The van der Waals surface area contributed by atoms with Gasteiger partial charge in [0.2, 0.25) is 0 Å². The Balaban J connectivity index is 3.28. The minimum absolute atomic E-state index is 0.341. The summed E-state index contributed by atoms with van der Waals surface area (Å²) in [5.41, 5.74) is -1.21. The summed E-state index contributed by atoms with van der Waals surface area (Å²) in [7, 11) is 0. The van der Waals surface area contributed by atoms with Gasteiger partial charge in [-0.1, -0.05) is 0 Å². The molecule has 0 radical (unpaired) electrons. The van der Waals surface area contributed by atoms with E-state index in [-0.39, 0.29) is 0 Å². The van der Waals surface area contributed by atoms with E-state index in [9.17, 15) is 28.8 Å². The van der Waals surface area contributed by atoms with Gasteiger partial charge in [0.1, 0.15) is 0 Å². The van der Waals surface area contributed by atoms with Crippen LogP contribution in [0, 0.1) is 21.7 Å². The summed E-state index contributed by atoms with van der Waals surface area (Å²) < 4.78 is 25.3. The van der Waals surface area contributed by atoms with Crippen molar-refractivity contribution in [3.63, 3.8) is 0 Å². The fourth-order valence-electron chi connectivity index (χ4n) is 1.04. The maximum absolute atomic E-state index is 12.7. The second kappa shape index (κ2) is 3.99. The van der Waals surface area contributed by atoms with Crippen LogP contribution in [0.2, 0.25) is 0 Å². The van der Waals surface area contributed by atoms with E-state index in [0.717, 1.165) is 0 Å². The third kappa shape index (κ3) is 2.46. The van der Waals surface area contributed by atoms with Gasteiger partial charge in [0.15, 0.2) is 11.6 Å². The molecular weight excluding hydrogens is 212 g/mol. The number of nitro groups is 1. The van der Waals surface area contributed by atoms with E-state index in [1.165, 1.54) is 0 Å². The number of rotatable bonds is 3. The predicted octanol–water partition coefficient (Wildman–Crippen LogP) is 0.165. The van der Waals surface area contributed by atoms with Crippen LogP contribution in [0.5, 0.6) is 0 Å². The van der Waals surface area contributed by atoms with Gasteiger partial charge < -0.3 is 9.90 Å². The van der Waals surface area contributed by atoms with Crippen LogP contribution in [0.1, 0.15) is 5.56 Å². The molecule has 0 saturated carbocycles. The van der Waals surface area contributed by atoms with Gasteiger partial charge in [-0.15, -0.1) is 0 Å². The molecule has 15 heavy (non-hydrogen) atoms. The Morgan fingerprint density at radius 1 is 1.33 bits per heavy atom. The van der Waals surface area contributed by atoms with Crippen LogP contribution in [-0.2, 0) is 11.2 Å². The minimum Gasteiger partial charge on any atom is -0.550 e. The van der Waals surface area contributed by atoms with Gasteiger partial charge in [0.25, 0.3) is 5.69 Å². The van der Waals surface area contributed by atoms with E-state index in [1.54, 1.807) is 0 Å². The van der Waals surface area contributed by atoms with Gasteiger partial charge in [-0.3, -0.25) is 10.1 Å². The van der Waals surface area contributed by atoms with E-state index >= 15 is 0 Å². The number of hydrogen-bond donors (Lipinski definition) is 0. The maximum atomic E-state index is 12.7. The summed E-state index contributed by atoms with van der Waals surface area (Å²) >= 11 is 0. The SMILES string of the molecule is O=C([O-])Cc1cc(F)c(F)cc1[N+](=O)[O-]. The molecule has 0 aliphatic rings. The van der Waals surface area contributed by atoms with Crippen molar-refractivity contribution in [2.45, 2.75) is 6.42 Å². The summed E-state index contributed by atoms with van der Waals surface area (Å²) in [5.74, 6) is -4.34. The van der Waals surface area contributed by atoms with E-state index in [0.29, 0.717) is 12.1 Å². The zero-order valence-corrected chi connectivity index (χ0v) is 7.20. The first-order chi connectivity index (χ1) is 6.91. The van der Waals surface area contributed by atoms with Crippen molar-refractivity contribution in [2.75, 3.05) is 0 Å². The Bertz CT molecular complexity index is 433. The normalized spacial score (nSPS) is 10.0. The molecule has 0 atom stereocenters. The molecule has 0 N–H and O–H groups in total. The van der Waals surface area contributed by atoms with Crippen molar-refractivity contribution in [2.24, 2.45) is 0 Å². The molecule has 0 amide bonds. The van der Waals surface area contributed by atoms with Crippen molar-refractivity contribution in [3.05, 3.63) is 39.4 Å². The molecular formula is C8H4F2NO4-. The lowest BCUT2D eigenvalue weighted by Crippen LogP contribution is -2.24. The molecule has 0 fully saturated rings. The fraction of sp³-hybridized carbons (Fsp3) is 0.125. The number of carbonyl (C=O) groups excluding carboxylic acids is 1. The second-order valence-electron chi connectivity index (χ2n) is 2.70. The molecule has 5 nitrogen and oxygen atoms in total. The van der Waals surface area contributed by atoms with E-state index in [1.807, 2.05) is 0 Å². The average Bonchev–Trinajstić information content (AvgIpc) is 2.09. The Labute approximate surface area is 82.1 Å². The number of benzene rings is 1. The van der Waals surface area contributed by atoms with Gasteiger partial charge in [0.05, 0.1) is 11.0 Å². The number of nitrogens with zero attached hydrogens (tertiary/aromatic N) is 1. The number of carboxylic acid groups (broad SMARTS) is 1. The van der Waals surface area contributed by atoms with Gasteiger partial charge >= 0.3 is 0 Å². The first-order valence-corrected chi connectivity index (χ1v) is 3.74. The van der Waals surface area contributed by atoms with Gasteiger partial charge in [-0.25, -0.2) is 8.78 Å². The summed E-state index contributed by atoms with van der Waals surface area (Å²) in [4.78, 5) is 19.6. The number of carboxylic acids is 1.